The number of allylic oxidation sites excluding steroid dienone is 2. The highest BCUT2D eigenvalue weighted by Gasteiger charge is 2.05. The molecule has 0 N–H and O–H groups in total. The van der Waals surface area contributed by atoms with E-state index in [0.29, 0.717) is 10.3 Å². The molecule has 0 heterocycles. The monoisotopic (exact) mass is 314 g/mol. The van der Waals surface area contributed by atoms with E-state index < -0.39 is 0 Å². The van der Waals surface area contributed by atoms with E-state index >= 15 is 0 Å². The molecular weight excluding hydrogens is 299 g/mol. The summed E-state index contributed by atoms with van der Waals surface area (Å²) in [7, 11) is 0. The third kappa shape index (κ3) is 13.7. The second-order valence-corrected chi connectivity index (χ2v) is 6.74. The van der Waals surface area contributed by atoms with Crippen molar-refractivity contribution < 1.29 is 0 Å². The molecule has 0 atom stereocenters. The van der Waals surface area contributed by atoms with Crippen LogP contribution in [0.2, 0.25) is 0 Å². The van der Waals surface area contributed by atoms with Crippen molar-refractivity contribution in [3.8, 4) is 0 Å². The van der Waals surface area contributed by atoms with Gasteiger partial charge in [-0.05, 0) is 18.4 Å². The van der Waals surface area contributed by atoms with Crippen LogP contribution in [0.15, 0.2) is 11.5 Å². The Hall–Kier alpha value is 1.11. The van der Waals surface area contributed by atoms with Gasteiger partial charge in [-0.2, -0.15) is 11.8 Å². The molecule has 0 nitrogen and oxygen atoms in total. The zero-order valence-electron chi connectivity index (χ0n) is 8.40. The summed E-state index contributed by atoms with van der Waals surface area (Å²) < 4.78 is 0.340. The van der Waals surface area contributed by atoms with Crippen molar-refractivity contribution in [2.45, 2.75) is 20.8 Å². The van der Waals surface area contributed by atoms with E-state index in [1.165, 1.54) is 5.47 Å². The Labute approximate surface area is 98.0 Å². The first-order valence-corrected chi connectivity index (χ1v) is 7.28. The fourth-order valence-electron chi connectivity index (χ4n) is 0.599. The van der Waals surface area contributed by atoms with E-state index in [9.17, 15) is 0 Å². The number of halogens is 2. The lowest BCUT2D eigenvalue weighted by molar-refractivity contribution is 0.828. The predicted molar refractivity (Wildman–Crippen MR) is 71.6 cm³/mol. The number of hydrogen-bond donors (Lipinski definition) is 0. The van der Waals surface area contributed by atoms with Crippen molar-refractivity contribution in [3.05, 3.63) is 11.5 Å². The molecule has 12 heavy (non-hydrogen) atoms. The van der Waals surface area contributed by atoms with E-state index in [-0.39, 0.29) is 0 Å². The van der Waals surface area contributed by atoms with Crippen LogP contribution in [0.4, 0.5) is 0 Å². The molecule has 0 radical (unpaired) electrons. The van der Waals surface area contributed by atoms with Gasteiger partial charge in [0.05, 0.1) is 0 Å². The topological polar surface area (TPSA) is 0 Å². The maximum absolute atomic E-state index is 3.42. The molecule has 0 bridgehead atoms. The van der Waals surface area contributed by atoms with Gasteiger partial charge in [-0.3, -0.25) is 0 Å². The Balaban J connectivity index is 0. The first kappa shape index (κ1) is 15.6. The third-order valence-corrected chi connectivity index (χ3v) is 2.38. The molecule has 0 amide bonds. The van der Waals surface area contributed by atoms with Gasteiger partial charge < -0.3 is 0 Å². The molecule has 0 spiro atoms. The van der Waals surface area contributed by atoms with E-state index in [1.54, 1.807) is 11.8 Å². The fraction of sp³-hybridized carbons (Fsp3) is 0.750. The van der Waals surface area contributed by atoms with Crippen molar-refractivity contribution in [1.29, 1.82) is 0 Å². The van der Waals surface area contributed by atoms with Crippen molar-refractivity contribution in [2.24, 2.45) is 5.92 Å². The van der Waals surface area contributed by atoms with Crippen molar-refractivity contribution in [2.75, 3.05) is 12.5 Å². The molecule has 0 unspecified atom stereocenters. The first-order valence-electron chi connectivity index (χ1n) is 3.82. The Morgan fingerprint density at radius 2 is 1.67 bits per heavy atom. The SMILES string of the molecule is C/C(=C\C(C)C)B(Br)Br.CSC. The van der Waals surface area contributed by atoms with Gasteiger partial charge in [-0.1, -0.05) is 32.3 Å². The Kier molecular flexibility index (Phi) is 13.2. The molecule has 0 saturated carbocycles. The lowest BCUT2D eigenvalue weighted by atomic mass is 9.93. The average molecular weight is 316 g/mol. The minimum absolute atomic E-state index is 0.340. The number of rotatable bonds is 2. The molecule has 0 aliphatic heterocycles. The molecule has 0 rings (SSSR count). The Morgan fingerprint density at radius 1 is 1.33 bits per heavy atom. The molecule has 0 aromatic heterocycles. The lowest BCUT2D eigenvalue weighted by Crippen LogP contribution is -1.95. The zero-order chi connectivity index (χ0) is 10.1. The van der Waals surface area contributed by atoms with Crippen LogP contribution in [0.25, 0.3) is 0 Å². The van der Waals surface area contributed by atoms with E-state index in [0.717, 1.165) is 0 Å². The van der Waals surface area contributed by atoms with Gasteiger partial charge >= 0.3 is 4.36 Å². The van der Waals surface area contributed by atoms with Gasteiger partial charge in [-0.25, -0.2) is 0 Å². The summed E-state index contributed by atoms with van der Waals surface area (Å²) in [6.45, 7) is 6.45. The molecule has 0 saturated heterocycles. The fourth-order valence-corrected chi connectivity index (χ4v) is 0.904. The van der Waals surface area contributed by atoms with Gasteiger partial charge in [0.2, 0.25) is 0 Å². The molecule has 0 aromatic rings. The zero-order valence-corrected chi connectivity index (χ0v) is 12.4. The van der Waals surface area contributed by atoms with Crippen LogP contribution < -0.4 is 0 Å². The standard InChI is InChI=1S/C6H11BBr2.C2H6S/c1-5(2)4-6(3)7(8)9;1-3-2/h4-5H,1-3H3;1-2H3/b6-4+;. The molecule has 0 aliphatic carbocycles. The van der Waals surface area contributed by atoms with Gasteiger partial charge in [0.15, 0.2) is 0 Å². The maximum Gasteiger partial charge on any atom is 0.325 e. The minimum Gasteiger partial charge on any atom is -0.169 e. The van der Waals surface area contributed by atoms with E-state index in [4.69, 9.17) is 0 Å². The van der Waals surface area contributed by atoms with Crippen molar-refractivity contribution >= 4 is 47.6 Å². The first-order chi connectivity index (χ1) is 5.45. The van der Waals surface area contributed by atoms with Gasteiger partial charge in [0.1, 0.15) is 0 Å². The predicted octanol–water partition coefficient (Wildman–Crippen LogP) is 4.39. The molecule has 72 valence electrons. The largest absolute Gasteiger partial charge is 0.325 e. The Morgan fingerprint density at radius 3 is 1.75 bits per heavy atom. The van der Waals surface area contributed by atoms with Crippen LogP contribution in [0, 0.1) is 5.92 Å². The van der Waals surface area contributed by atoms with E-state index in [2.05, 4.69) is 58.4 Å². The molecule has 4 heteroatoms. The lowest BCUT2D eigenvalue weighted by Gasteiger charge is -2.00. The summed E-state index contributed by atoms with van der Waals surface area (Å²) in [6, 6.07) is 0. The smallest absolute Gasteiger partial charge is 0.169 e. The highest BCUT2D eigenvalue weighted by molar-refractivity contribution is 9.49. The van der Waals surface area contributed by atoms with Crippen molar-refractivity contribution in [3.63, 3.8) is 0 Å². The van der Waals surface area contributed by atoms with Crippen LogP contribution >= 0.6 is 43.3 Å². The van der Waals surface area contributed by atoms with Crippen LogP contribution in [0.5, 0.6) is 0 Å². The highest BCUT2D eigenvalue weighted by Crippen LogP contribution is 2.14. The van der Waals surface area contributed by atoms with Crippen molar-refractivity contribution in [1.82, 2.24) is 0 Å². The Bertz CT molecular complexity index is 124. The number of hydrogen-bond acceptors (Lipinski definition) is 1. The summed E-state index contributed by atoms with van der Waals surface area (Å²) in [4.78, 5) is 0. The second-order valence-electron chi connectivity index (χ2n) is 2.86. The van der Waals surface area contributed by atoms with E-state index in [1.807, 2.05) is 12.5 Å². The quantitative estimate of drug-likeness (QED) is 0.681. The second kappa shape index (κ2) is 10.2. The molecule has 0 aliphatic rings. The molecule has 0 aromatic carbocycles. The molecular formula is C8H17BBr2S. The maximum atomic E-state index is 3.42. The van der Waals surface area contributed by atoms with Crippen LogP contribution in [0.1, 0.15) is 20.8 Å². The van der Waals surface area contributed by atoms with Gasteiger partial charge in [0, 0.05) is 0 Å². The summed E-state index contributed by atoms with van der Waals surface area (Å²) in [5.74, 6) is 0.641. The normalized spacial score (nSPS) is 10.8. The van der Waals surface area contributed by atoms with Crippen LogP contribution in [-0.4, -0.2) is 16.9 Å². The van der Waals surface area contributed by atoms with Crippen LogP contribution in [-0.2, 0) is 0 Å². The minimum atomic E-state index is 0.340. The number of thioether (sulfide) groups is 1. The summed E-state index contributed by atoms with van der Waals surface area (Å²) in [6.07, 6.45) is 6.31. The summed E-state index contributed by atoms with van der Waals surface area (Å²) >= 11 is 8.58. The van der Waals surface area contributed by atoms with Gasteiger partial charge in [-0.15, -0.1) is 31.5 Å². The highest BCUT2D eigenvalue weighted by atomic mass is 79.9. The summed E-state index contributed by atoms with van der Waals surface area (Å²) in [5, 5.41) is 0. The average Bonchev–Trinajstić information content (AvgIpc) is 1.87. The molecule has 0 fully saturated rings. The summed E-state index contributed by atoms with van der Waals surface area (Å²) in [5.41, 5.74) is 1.34. The third-order valence-electron chi connectivity index (χ3n) is 0.940. The van der Waals surface area contributed by atoms with Crippen LogP contribution in [0.3, 0.4) is 0 Å². The van der Waals surface area contributed by atoms with Gasteiger partial charge in [0.25, 0.3) is 0 Å².